The van der Waals surface area contributed by atoms with Gasteiger partial charge in [0.05, 0.1) is 0 Å². The average molecular weight is 295 g/mol. The lowest BCUT2D eigenvalue weighted by Gasteiger charge is -2.31. The minimum Gasteiger partial charge on any atom is -0.491 e. The van der Waals surface area contributed by atoms with Crippen molar-refractivity contribution in [3.8, 4) is 11.5 Å². The van der Waals surface area contributed by atoms with Gasteiger partial charge in [-0.3, -0.25) is 4.79 Å². The number of ether oxygens (including phenoxy) is 3. The predicted molar refractivity (Wildman–Crippen MR) is 76.5 cm³/mol. The molecule has 1 heterocycles. The number of nitrogens with one attached hydrogen (secondary N) is 1. The van der Waals surface area contributed by atoms with Crippen molar-refractivity contribution in [2.75, 3.05) is 33.5 Å². The number of amides is 1. The largest absolute Gasteiger partial charge is 0.491 e. The summed E-state index contributed by atoms with van der Waals surface area (Å²) in [7, 11) is 1.56. The number of aliphatic hydroxyl groups is 1. The summed E-state index contributed by atoms with van der Waals surface area (Å²) < 4.78 is 16.1. The van der Waals surface area contributed by atoms with Gasteiger partial charge in [-0.2, -0.15) is 0 Å². The first-order valence-corrected chi connectivity index (χ1v) is 6.98. The summed E-state index contributed by atoms with van der Waals surface area (Å²) in [5.74, 6) is 1.06. The summed E-state index contributed by atoms with van der Waals surface area (Å²) in [6, 6.07) is 6.96. The molecule has 1 aliphatic heterocycles. The number of hydrogen-bond acceptors (Lipinski definition) is 5. The molecule has 0 spiro atoms. The first-order chi connectivity index (χ1) is 10.1. The van der Waals surface area contributed by atoms with Crippen molar-refractivity contribution in [3.63, 3.8) is 0 Å². The average Bonchev–Trinajstić information content (AvgIpc) is 2.52. The molecule has 0 aromatic heterocycles. The third kappa shape index (κ3) is 4.91. The van der Waals surface area contributed by atoms with Gasteiger partial charge < -0.3 is 24.6 Å². The molecule has 0 radical (unpaired) electrons. The topological polar surface area (TPSA) is 77.0 Å². The Kier molecular flexibility index (Phi) is 5.41. The molecule has 0 bridgehead atoms. The fourth-order valence-corrected chi connectivity index (χ4v) is 1.97. The van der Waals surface area contributed by atoms with Crippen molar-refractivity contribution in [1.82, 2.24) is 5.32 Å². The number of likely N-dealkylation sites (N-methyl/N-ethyl adjacent to an activating group) is 1. The molecule has 1 aliphatic rings. The molecule has 6 heteroatoms. The molecule has 1 fully saturated rings. The Balaban J connectivity index is 1.80. The molecule has 1 aromatic carbocycles. The van der Waals surface area contributed by atoms with Crippen LogP contribution in [0.25, 0.3) is 0 Å². The van der Waals surface area contributed by atoms with Gasteiger partial charge in [0.1, 0.15) is 23.7 Å². The van der Waals surface area contributed by atoms with Crippen molar-refractivity contribution < 1.29 is 24.1 Å². The molecule has 1 saturated heterocycles. The zero-order chi connectivity index (χ0) is 15.1. The normalized spacial score (nSPS) is 17.0. The zero-order valence-corrected chi connectivity index (χ0v) is 12.1. The van der Waals surface area contributed by atoms with Crippen LogP contribution in [-0.4, -0.2) is 50.1 Å². The maximum atomic E-state index is 11.1. The number of benzene rings is 1. The van der Waals surface area contributed by atoms with Crippen LogP contribution in [0.2, 0.25) is 0 Å². The molecule has 0 saturated carbocycles. The molecular formula is C15H21NO5. The lowest BCUT2D eigenvalue weighted by molar-refractivity contribution is -0.122. The van der Waals surface area contributed by atoms with E-state index in [9.17, 15) is 9.90 Å². The summed E-state index contributed by atoms with van der Waals surface area (Å²) in [4.78, 5) is 11.1. The predicted octanol–water partition coefficient (Wildman–Crippen LogP) is 0.732. The van der Waals surface area contributed by atoms with Crippen LogP contribution in [0.1, 0.15) is 12.8 Å². The molecule has 1 aromatic rings. The third-order valence-electron chi connectivity index (χ3n) is 3.40. The van der Waals surface area contributed by atoms with E-state index in [0.29, 0.717) is 37.6 Å². The van der Waals surface area contributed by atoms with Crippen molar-refractivity contribution in [1.29, 1.82) is 0 Å². The second-order valence-corrected chi connectivity index (χ2v) is 5.06. The monoisotopic (exact) mass is 295 g/mol. The summed E-state index contributed by atoms with van der Waals surface area (Å²) in [5.41, 5.74) is -0.813. The van der Waals surface area contributed by atoms with Gasteiger partial charge in [0.25, 0.3) is 5.91 Å². The van der Waals surface area contributed by atoms with Crippen molar-refractivity contribution in [2.24, 2.45) is 0 Å². The van der Waals surface area contributed by atoms with E-state index < -0.39 is 5.60 Å². The fourth-order valence-electron chi connectivity index (χ4n) is 1.97. The van der Waals surface area contributed by atoms with Crippen LogP contribution < -0.4 is 14.8 Å². The van der Waals surface area contributed by atoms with E-state index in [2.05, 4.69) is 5.32 Å². The van der Waals surface area contributed by atoms with Crippen LogP contribution in [0.3, 0.4) is 0 Å². The van der Waals surface area contributed by atoms with Crippen molar-refractivity contribution in [3.05, 3.63) is 24.3 Å². The lowest BCUT2D eigenvalue weighted by Crippen LogP contribution is -2.41. The standard InChI is InChI=1S/C15H21NO5/c1-16-14(17)10-20-12-2-4-13(5-3-12)21-11-15(18)6-8-19-9-7-15/h2-5,18H,6-11H2,1H3,(H,16,17). The van der Waals surface area contributed by atoms with Gasteiger partial charge >= 0.3 is 0 Å². The van der Waals surface area contributed by atoms with E-state index in [1.807, 2.05) is 0 Å². The molecule has 21 heavy (non-hydrogen) atoms. The number of carbonyl (C=O) groups excluding carboxylic acids is 1. The van der Waals surface area contributed by atoms with E-state index in [-0.39, 0.29) is 19.1 Å². The van der Waals surface area contributed by atoms with Gasteiger partial charge in [-0.25, -0.2) is 0 Å². The van der Waals surface area contributed by atoms with Crippen LogP contribution in [0.5, 0.6) is 11.5 Å². The molecule has 1 amide bonds. The molecular weight excluding hydrogens is 274 g/mol. The minimum absolute atomic E-state index is 0.0174. The lowest BCUT2D eigenvalue weighted by atomic mass is 9.96. The van der Waals surface area contributed by atoms with Gasteiger partial charge in [-0.05, 0) is 24.3 Å². The van der Waals surface area contributed by atoms with E-state index in [1.165, 1.54) is 0 Å². The van der Waals surface area contributed by atoms with Crippen LogP contribution >= 0.6 is 0 Å². The Morgan fingerprint density at radius 1 is 1.24 bits per heavy atom. The highest BCUT2D eigenvalue weighted by Crippen LogP contribution is 2.23. The van der Waals surface area contributed by atoms with Gasteiger partial charge in [0, 0.05) is 33.1 Å². The van der Waals surface area contributed by atoms with Gasteiger partial charge in [0.15, 0.2) is 6.61 Å². The second-order valence-electron chi connectivity index (χ2n) is 5.06. The number of rotatable bonds is 6. The number of hydrogen-bond donors (Lipinski definition) is 2. The summed E-state index contributed by atoms with van der Waals surface area (Å²) in [6.45, 7) is 1.35. The van der Waals surface area contributed by atoms with Crippen LogP contribution in [0.4, 0.5) is 0 Å². The van der Waals surface area contributed by atoms with Crippen molar-refractivity contribution >= 4 is 5.91 Å². The third-order valence-corrected chi connectivity index (χ3v) is 3.40. The van der Waals surface area contributed by atoms with E-state index in [1.54, 1.807) is 31.3 Å². The molecule has 2 rings (SSSR count). The first kappa shape index (κ1) is 15.6. The van der Waals surface area contributed by atoms with Crippen LogP contribution in [0, 0.1) is 0 Å². The Labute approximate surface area is 124 Å². The summed E-state index contributed by atoms with van der Waals surface area (Å²) in [6.07, 6.45) is 1.17. The Morgan fingerprint density at radius 2 is 1.81 bits per heavy atom. The second kappa shape index (κ2) is 7.28. The number of carbonyl (C=O) groups is 1. The highest BCUT2D eigenvalue weighted by atomic mass is 16.5. The highest BCUT2D eigenvalue weighted by Gasteiger charge is 2.30. The smallest absolute Gasteiger partial charge is 0.257 e. The maximum Gasteiger partial charge on any atom is 0.257 e. The maximum absolute atomic E-state index is 11.1. The molecule has 0 aliphatic carbocycles. The van der Waals surface area contributed by atoms with E-state index in [4.69, 9.17) is 14.2 Å². The van der Waals surface area contributed by atoms with Gasteiger partial charge in [-0.15, -0.1) is 0 Å². The molecule has 0 unspecified atom stereocenters. The Morgan fingerprint density at radius 3 is 2.38 bits per heavy atom. The first-order valence-electron chi connectivity index (χ1n) is 6.98. The molecule has 116 valence electrons. The Hall–Kier alpha value is -1.79. The van der Waals surface area contributed by atoms with Crippen LogP contribution in [-0.2, 0) is 9.53 Å². The Bertz CT molecular complexity index is 454. The van der Waals surface area contributed by atoms with Crippen LogP contribution in [0.15, 0.2) is 24.3 Å². The zero-order valence-electron chi connectivity index (χ0n) is 12.1. The molecule has 2 N–H and O–H groups in total. The molecule has 6 nitrogen and oxygen atoms in total. The van der Waals surface area contributed by atoms with E-state index >= 15 is 0 Å². The van der Waals surface area contributed by atoms with E-state index in [0.717, 1.165) is 0 Å². The SMILES string of the molecule is CNC(=O)COc1ccc(OCC2(O)CCOCC2)cc1. The molecule has 0 atom stereocenters. The van der Waals surface area contributed by atoms with Gasteiger partial charge in [0.2, 0.25) is 0 Å². The summed E-state index contributed by atoms with van der Waals surface area (Å²) in [5, 5.41) is 12.8. The quantitative estimate of drug-likeness (QED) is 0.809. The fraction of sp³-hybridized carbons (Fsp3) is 0.533. The van der Waals surface area contributed by atoms with Gasteiger partial charge in [-0.1, -0.05) is 0 Å². The minimum atomic E-state index is -0.813. The summed E-state index contributed by atoms with van der Waals surface area (Å²) >= 11 is 0. The van der Waals surface area contributed by atoms with Crippen molar-refractivity contribution in [2.45, 2.75) is 18.4 Å². The highest BCUT2D eigenvalue weighted by molar-refractivity contribution is 5.77.